The smallest absolute Gasteiger partial charge is 0.237 e. The van der Waals surface area contributed by atoms with Gasteiger partial charge in [0.2, 0.25) is 5.91 Å². The quantitative estimate of drug-likeness (QED) is 0.735. The van der Waals surface area contributed by atoms with Crippen LogP contribution >= 0.6 is 0 Å². The monoisotopic (exact) mass is 212 g/mol. The molecular formula is C11H20N2O2. The Hall–Kier alpha value is -0.900. The van der Waals surface area contributed by atoms with E-state index in [4.69, 9.17) is 0 Å². The number of nitrogens with zero attached hydrogens (tertiary/aromatic N) is 1. The van der Waals surface area contributed by atoms with Crippen LogP contribution in [0.3, 0.4) is 0 Å². The van der Waals surface area contributed by atoms with Crippen LogP contribution in [0.2, 0.25) is 0 Å². The molecule has 1 atom stereocenters. The Labute approximate surface area is 91.0 Å². The molecule has 0 aliphatic carbocycles. The van der Waals surface area contributed by atoms with Crippen LogP contribution in [-0.2, 0) is 9.59 Å². The van der Waals surface area contributed by atoms with Crippen molar-refractivity contribution in [3.63, 3.8) is 0 Å². The third-order valence-corrected chi connectivity index (χ3v) is 2.56. The summed E-state index contributed by atoms with van der Waals surface area (Å²) in [7, 11) is 0. The average molecular weight is 212 g/mol. The minimum absolute atomic E-state index is 0.0659. The maximum Gasteiger partial charge on any atom is 0.237 e. The zero-order valence-electron chi connectivity index (χ0n) is 9.75. The van der Waals surface area contributed by atoms with Crippen molar-refractivity contribution in [3.8, 4) is 0 Å². The van der Waals surface area contributed by atoms with Gasteiger partial charge in [-0.15, -0.1) is 0 Å². The first kappa shape index (κ1) is 12.2. The van der Waals surface area contributed by atoms with Crippen LogP contribution in [0, 0.1) is 5.92 Å². The van der Waals surface area contributed by atoms with Crippen LogP contribution < -0.4 is 5.32 Å². The van der Waals surface area contributed by atoms with Gasteiger partial charge in [-0.1, -0.05) is 13.8 Å². The number of piperazine rings is 1. The molecule has 0 bridgehead atoms. The predicted octanol–water partition coefficient (Wildman–Crippen LogP) is 0.422. The first-order valence-corrected chi connectivity index (χ1v) is 5.52. The summed E-state index contributed by atoms with van der Waals surface area (Å²) in [6.45, 7) is 7.58. The van der Waals surface area contributed by atoms with Gasteiger partial charge in [-0.3, -0.25) is 14.5 Å². The summed E-state index contributed by atoms with van der Waals surface area (Å²) in [6, 6.07) is -0.123. The van der Waals surface area contributed by atoms with Gasteiger partial charge in [0.05, 0.1) is 12.6 Å². The van der Waals surface area contributed by atoms with Crippen molar-refractivity contribution in [2.24, 2.45) is 5.92 Å². The summed E-state index contributed by atoms with van der Waals surface area (Å²) in [5.74, 6) is 0.656. The molecule has 1 aliphatic heterocycles. The first-order valence-electron chi connectivity index (χ1n) is 5.52. The van der Waals surface area contributed by atoms with Crippen molar-refractivity contribution in [2.45, 2.75) is 33.2 Å². The van der Waals surface area contributed by atoms with Gasteiger partial charge in [0.25, 0.3) is 0 Å². The van der Waals surface area contributed by atoms with Gasteiger partial charge < -0.3 is 5.32 Å². The van der Waals surface area contributed by atoms with E-state index in [2.05, 4.69) is 19.2 Å². The van der Waals surface area contributed by atoms with Crippen molar-refractivity contribution in [1.82, 2.24) is 10.2 Å². The van der Waals surface area contributed by atoms with E-state index in [-0.39, 0.29) is 17.7 Å². The molecule has 0 aromatic heterocycles. The fourth-order valence-electron chi connectivity index (χ4n) is 1.94. The van der Waals surface area contributed by atoms with Gasteiger partial charge in [-0.05, 0) is 19.3 Å². The molecule has 15 heavy (non-hydrogen) atoms. The Balaban J connectivity index is 2.63. The van der Waals surface area contributed by atoms with Gasteiger partial charge in [-0.25, -0.2) is 0 Å². The lowest BCUT2D eigenvalue weighted by Crippen LogP contribution is -2.56. The lowest BCUT2D eigenvalue weighted by atomic mass is 10.00. The minimum Gasteiger partial charge on any atom is -0.353 e. The summed E-state index contributed by atoms with van der Waals surface area (Å²) in [5, 5.41) is 2.85. The first-order chi connectivity index (χ1) is 7.00. The highest BCUT2D eigenvalue weighted by atomic mass is 16.2. The maximum absolute atomic E-state index is 11.7. The molecule has 1 aliphatic rings. The molecule has 1 unspecified atom stereocenters. The van der Waals surface area contributed by atoms with Gasteiger partial charge in [0.15, 0.2) is 0 Å². The predicted molar refractivity (Wildman–Crippen MR) is 58.5 cm³/mol. The Morgan fingerprint density at radius 3 is 2.80 bits per heavy atom. The van der Waals surface area contributed by atoms with Gasteiger partial charge in [0.1, 0.15) is 5.78 Å². The molecule has 1 rings (SSSR count). The standard InChI is InChI=1S/C11H20N2O2/c1-8(2)6-10-11(15)12-4-5-13(10)7-9(3)14/h8,10H,4-7H2,1-3H3,(H,12,15). The number of ketones is 1. The minimum atomic E-state index is -0.123. The number of Topliss-reactive ketones (excluding diaryl/α,β-unsaturated/α-hetero) is 1. The highest BCUT2D eigenvalue weighted by molar-refractivity contribution is 5.84. The molecule has 0 aromatic carbocycles. The van der Waals surface area contributed by atoms with Crippen LogP contribution in [0.15, 0.2) is 0 Å². The van der Waals surface area contributed by atoms with E-state index in [1.165, 1.54) is 0 Å². The van der Waals surface area contributed by atoms with Crippen molar-refractivity contribution < 1.29 is 9.59 Å². The molecule has 1 saturated heterocycles. The summed E-state index contributed by atoms with van der Waals surface area (Å²) >= 11 is 0. The highest BCUT2D eigenvalue weighted by Gasteiger charge is 2.30. The van der Waals surface area contributed by atoms with Crippen LogP contribution in [0.5, 0.6) is 0 Å². The maximum atomic E-state index is 11.7. The number of nitrogens with one attached hydrogen (secondary N) is 1. The number of hydrogen-bond donors (Lipinski definition) is 1. The molecule has 1 fully saturated rings. The molecular weight excluding hydrogens is 192 g/mol. The average Bonchev–Trinajstić information content (AvgIpc) is 2.09. The second-order valence-electron chi connectivity index (χ2n) is 4.61. The summed E-state index contributed by atoms with van der Waals surface area (Å²) < 4.78 is 0. The highest BCUT2D eigenvalue weighted by Crippen LogP contribution is 2.14. The lowest BCUT2D eigenvalue weighted by molar-refractivity contribution is -0.131. The molecule has 0 saturated carbocycles. The van der Waals surface area contributed by atoms with Crippen molar-refractivity contribution in [3.05, 3.63) is 0 Å². The number of rotatable bonds is 4. The number of amides is 1. The fraction of sp³-hybridized carbons (Fsp3) is 0.818. The zero-order chi connectivity index (χ0) is 11.4. The van der Waals surface area contributed by atoms with Gasteiger partial charge in [0, 0.05) is 13.1 Å². The van der Waals surface area contributed by atoms with E-state index in [9.17, 15) is 9.59 Å². The molecule has 0 aromatic rings. The van der Waals surface area contributed by atoms with E-state index < -0.39 is 0 Å². The van der Waals surface area contributed by atoms with E-state index in [1.807, 2.05) is 4.90 Å². The summed E-state index contributed by atoms with van der Waals surface area (Å²) in [5.41, 5.74) is 0. The fourth-order valence-corrected chi connectivity index (χ4v) is 1.94. The van der Waals surface area contributed by atoms with Crippen molar-refractivity contribution in [2.75, 3.05) is 19.6 Å². The second-order valence-corrected chi connectivity index (χ2v) is 4.61. The molecule has 1 heterocycles. The molecule has 0 radical (unpaired) electrons. The van der Waals surface area contributed by atoms with E-state index in [0.717, 1.165) is 13.0 Å². The Morgan fingerprint density at radius 1 is 1.60 bits per heavy atom. The van der Waals surface area contributed by atoms with Crippen molar-refractivity contribution in [1.29, 1.82) is 0 Å². The Kier molecular flexibility index (Phi) is 4.27. The molecule has 0 spiro atoms. The van der Waals surface area contributed by atoms with Crippen LogP contribution in [-0.4, -0.2) is 42.3 Å². The third kappa shape index (κ3) is 3.63. The van der Waals surface area contributed by atoms with Gasteiger partial charge >= 0.3 is 0 Å². The van der Waals surface area contributed by atoms with E-state index >= 15 is 0 Å². The van der Waals surface area contributed by atoms with Gasteiger partial charge in [-0.2, -0.15) is 0 Å². The van der Waals surface area contributed by atoms with E-state index in [1.54, 1.807) is 6.92 Å². The molecule has 1 N–H and O–H groups in total. The van der Waals surface area contributed by atoms with Crippen LogP contribution in [0.4, 0.5) is 0 Å². The third-order valence-electron chi connectivity index (χ3n) is 2.56. The molecule has 86 valence electrons. The zero-order valence-corrected chi connectivity index (χ0v) is 9.75. The topological polar surface area (TPSA) is 49.4 Å². The number of carbonyl (C=O) groups is 2. The summed E-state index contributed by atoms with van der Waals surface area (Å²) in [6.07, 6.45) is 0.819. The lowest BCUT2D eigenvalue weighted by Gasteiger charge is -2.35. The Morgan fingerprint density at radius 2 is 2.27 bits per heavy atom. The van der Waals surface area contributed by atoms with Crippen molar-refractivity contribution >= 4 is 11.7 Å². The Bertz CT molecular complexity index is 251. The van der Waals surface area contributed by atoms with Crippen LogP contribution in [0.1, 0.15) is 27.2 Å². The number of hydrogen-bond acceptors (Lipinski definition) is 3. The molecule has 4 heteroatoms. The summed E-state index contributed by atoms with van der Waals surface area (Å²) in [4.78, 5) is 24.7. The SMILES string of the molecule is CC(=O)CN1CCNC(=O)C1CC(C)C. The van der Waals surface area contributed by atoms with Crippen LogP contribution in [0.25, 0.3) is 0 Å². The molecule has 4 nitrogen and oxygen atoms in total. The number of carbonyl (C=O) groups excluding carboxylic acids is 2. The van der Waals surface area contributed by atoms with E-state index in [0.29, 0.717) is 19.0 Å². The second kappa shape index (κ2) is 5.26. The normalized spacial score (nSPS) is 22.9. The largest absolute Gasteiger partial charge is 0.353 e. The molecule has 1 amide bonds.